The molecule has 0 radical (unpaired) electrons. The van der Waals surface area contributed by atoms with Crippen molar-refractivity contribution in [3.05, 3.63) is 24.0 Å². The number of hydrogen-bond acceptors (Lipinski definition) is 2. The Kier molecular flexibility index (Phi) is 1.92. The van der Waals surface area contributed by atoms with Gasteiger partial charge in [0.05, 0.1) is 17.8 Å². The summed E-state index contributed by atoms with van der Waals surface area (Å²) in [5.74, 6) is 0. The van der Waals surface area contributed by atoms with Gasteiger partial charge in [-0.1, -0.05) is 0 Å². The van der Waals surface area contributed by atoms with E-state index in [1.807, 2.05) is 6.01 Å². The third-order valence-electron chi connectivity index (χ3n) is 0.975. The van der Waals surface area contributed by atoms with Gasteiger partial charge in [-0.3, -0.25) is 0 Å². The lowest BCUT2D eigenvalue weighted by Crippen LogP contribution is -2.09. The largest absolute Gasteiger partial charge is 0.417 e. The van der Waals surface area contributed by atoms with E-state index in [-0.39, 0.29) is 0 Å². The van der Waals surface area contributed by atoms with E-state index in [0.717, 1.165) is 12.3 Å². The molecule has 0 aromatic carbocycles. The Morgan fingerprint density at radius 3 is 2.64 bits per heavy atom. The van der Waals surface area contributed by atoms with Crippen molar-refractivity contribution in [3.63, 3.8) is 0 Å². The number of nitrogens with zero attached hydrogens (tertiary/aromatic N) is 2. The van der Waals surface area contributed by atoms with E-state index in [0.29, 0.717) is 6.20 Å². The molecule has 1 rings (SSSR count). The molecule has 0 aliphatic carbocycles. The van der Waals surface area contributed by atoms with Crippen LogP contribution in [0.3, 0.4) is 0 Å². The lowest BCUT2D eigenvalue weighted by molar-refractivity contribution is -0.0883. The number of hydrogen-bond donors (Lipinski definition) is 0. The van der Waals surface area contributed by atoms with Gasteiger partial charge in [-0.05, 0) is 6.08 Å². The summed E-state index contributed by atoms with van der Waals surface area (Å²) in [5.41, 5.74) is -0.828. The molecule has 58 valence electrons. The van der Waals surface area contributed by atoms with Gasteiger partial charge in [0.2, 0.25) is 0 Å². The van der Waals surface area contributed by atoms with Crippen LogP contribution in [-0.4, -0.2) is 12.2 Å². The van der Waals surface area contributed by atoms with Gasteiger partial charge in [-0.25, -0.2) is 0 Å². The zero-order valence-corrected chi connectivity index (χ0v) is 5.26. The standard InChI is InChI=1S/C6H3F3N2/c7-6(8,9)5-1-2-10-4-11-3-5/h1-3H. The smallest absolute Gasteiger partial charge is 0.196 e. The highest BCUT2D eigenvalue weighted by atomic mass is 19.4. The van der Waals surface area contributed by atoms with Crippen LogP contribution in [0.4, 0.5) is 13.2 Å². The minimum absolute atomic E-state index is 0.674. The van der Waals surface area contributed by atoms with E-state index in [1.165, 1.54) is 0 Å². The predicted molar refractivity (Wildman–Crippen MR) is 33.1 cm³/mol. The Hall–Kier alpha value is -1.35. The molecule has 0 amide bonds. The molecule has 5 heteroatoms. The first kappa shape index (κ1) is 7.75. The van der Waals surface area contributed by atoms with E-state index in [1.54, 1.807) is 0 Å². The quantitative estimate of drug-likeness (QED) is 0.518. The molecule has 0 aromatic rings. The molecule has 11 heavy (non-hydrogen) atoms. The maximum absolute atomic E-state index is 11.9. The monoisotopic (exact) mass is 160 g/mol. The van der Waals surface area contributed by atoms with Gasteiger partial charge < -0.3 is 0 Å². The summed E-state index contributed by atoms with van der Waals surface area (Å²) in [6, 6.07) is 2.04. The van der Waals surface area contributed by atoms with E-state index in [4.69, 9.17) is 0 Å². The first-order chi connectivity index (χ1) is 5.11. The molecule has 1 heterocycles. The number of rotatable bonds is 0. The zero-order valence-electron chi connectivity index (χ0n) is 5.26. The molecular formula is C6H3F3N2. The SMILES string of the molecule is FC(F)(F)C1=CN=C=NC=C1. The van der Waals surface area contributed by atoms with Gasteiger partial charge in [-0.2, -0.15) is 23.2 Å². The van der Waals surface area contributed by atoms with Gasteiger partial charge in [0.15, 0.2) is 0 Å². The summed E-state index contributed by atoms with van der Waals surface area (Å²) in [4.78, 5) is 6.44. The maximum atomic E-state index is 11.9. The van der Waals surface area contributed by atoms with Crippen molar-refractivity contribution >= 4 is 6.01 Å². The highest BCUT2D eigenvalue weighted by Gasteiger charge is 2.31. The van der Waals surface area contributed by atoms with Crippen molar-refractivity contribution in [1.29, 1.82) is 0 Å². The number of alkyl halides is 3. The van der Waals surface area contributed by atoms with Crippen molar-refractivity contribution in [2.75, 3.05) is 0 Å². The van der Waals surface area contributed by atoms with Crippen molar-refractivity contribution in [2.45, 2.75) is 6.18 Å². The Bertz CT molecular complexity index is 266. The van der Waals surface area contributed by atoms with Crippen LogP contribution in [0.2, 0.25) is 0 Å². The topological polar surface area (TPSA) is 24.7 Å². The normalized spacial score (nSPS) is 16.5. The minimum Gasteiger partial charge on any atom is -0.196 e. The average Bonchev–Trinajstić information content (AvgIpc) is 2.10. The van der Waals surface area contributed by atoms with Crippen LogP contribution in [0.15, 0.2) is 34.0 Å². The molecule has 0 saturated heterocycles. The van der Waals surface area contributed by atoms with E-state index in [9.17, 15) is 13.2 Å². The average molecular weight is 160 g/mol. The fourth-order valence-corrected chi connectivity index (χ4v) is 0.493. The van der Waals surface area contributed by atoms with Crippen LogP contribution in [0, 0.1) is 0 Å². The van der Waals surface area contributed by atoms with Gasteiger partial charge in [0.25, 0.3) is 0 Å². The first-order valence-corrected chi connectivity index (χ1v) is 2.69. The predicted octanol–water partition coefficient (Wildman–Crippen LogP) is 2.13. The van der Waals surface area contributed by atoms with Crippen LogP contribution in [0.25, 0.3) is 0 Å². The minimum atomic E-state index is -4.36. The number of allylic oxidation sites excluding steroid dienone is 2. The summed E-state index contributed by atoms with van der Waals surface area (Å²) >= 11 is 0. The molecule has 0 fully saturated rings. The van der Waals surface area contributed by atoms with Gasteiger partial charge in [0, 0.05) is 6.20 Å². The number of aliphatic imine (C=N–C) groups is 2. The van der Waals surface area contributed by atoms with Crippen LogP contribution < -0.4 is 0 Å². The molecule has 0 unspecified atom stereocenters. The third-order valence-corrected chi connectivity index (χ3v) is 0.975. The molecule has 0 saturated carbocycles. The zero-order chi connectivity index (χ0) is 8.32. The van der Waals surface area contributed by atoms with Crippen molar-refractivity contribution in [3.8, 4) is 0 Å². The Morgan fingerprint density at radius 2 is 2.00 bits per heavy atom. The Morgan fingerprint density at radius 1 is 1.27 bits per heavy atom. The lowest BCUT2D eigenvalue weighted by atomic mass is 10.3. The highest BCUT2D eigenvalue weighted by molar-refractivity contribution is 5.46. The van der Waals surface area contributed by atoms with Crippen LogP contribution in [0.1, 0.15) is 0 Å². The van der Waals surface area contributed by atoms with Crippen molar-refractivity contribution in [1.82, 2.24) is 0 Å². The molecule has 1 aliphatic heterocycles. The van der Waals surface area contributed by atoms with Crippen LogP contribution in [-0.2, 0) is 0 Å². The lowest BCUT2D eigenvalue weighted by Gasteiger charge is -2.03. The van der Waals surface area contributed by atoms with Crippen molar-refractivity contribution in [2.24, 2.45) is 9.98 Å². The van der Waals surface area contributed by atoms with Gasteiger partial charge >= 0.3 is 6.18 Å². The molecule has 0 bridgehead atoms. The first-order valence-electron chi connectivity index (χ1n) is 2.69. The van der Waals surface area contributed by atoms with Gasteiger partial charge in [0.1, 0.15) is 0 Å². The fraction of sp³-hybridized carbons (Fsp3) is 0.167. The van der Waals surface area contributed by atoms with E-state index < -0.39 is 11.7 Å². The summed E-state index contributed by atoms with van der Waals surface area (Å²) in [6.07, 6.45) is -1.85. The fourth-order valence-electron chi connectivity index (χ4n) is 0.493. The molecule has 0 atom stereocenters. The molecule has 0 aromatic heterocycles. The van der Waals surface area contributed by atoms with E-state index >= 15 is 0 Å². The maximum Gasteiger partial charge on any atom is 0.417 e. The Labute approximate surface area is 60.5 Å². The molecule has 2 nitrogen and oxygen atoms in total. The van der Waals surface area contributed by atoms with E-state index in [2.05, 4.69) is 9.98 Å². The van der Waals surface area contributed by atoms with Crippen molar-refractivity contribution < 1.29 is 13.2 Å². The molecule has 0 N–H and O–H groups in total. The highest BCUT2D eigenvalue weighted by Crippen LogP contribution is 2.26. The summed E-state index contributed by atoms with van der Waals surface area (Å²) in [5, 5.41) is 0. The van der Waals surface area contributed by atoms with Gasteiger partial charge in [-0.15, -0.1) is 0 Å². The van der Waals surface area contributed by atoms with Crippen LogP contribution >= 0.6 is 0 Å². The second-order valence-corrected chi connectivity index (χ2v) is 1.76. The second kappa shape index (κ2) is 2.72. The number of halogens is 3. The summed E-state index contributed by atoms with van der Waals surface area (Å²) in [6.45, 7) is 0. The third kappa shape index (κ3) is 2.05. The summed E-state index contributed by atoms with van der Waals surface area (Å²) in [7, 11) is 0. The molecule has 0 spiro atoms. The second-order valence-electron chi connectivity index (χ2n) is 1.76. The van der Waals surface area contributed by atoms with Crippen LogP contribution in [0.5, 0.6) is 0 Å². The molecular weight excluding hydrogens is 157 g/mol. The summed E-state index contributed by atoms with van der Waals surface area (Å²) < 4.78 is 35.6. The Balaban J connectivity index is 2.93. The molecule has 1 aliphatic rings.